The number of H-pyrrole nitrogens is 1. The molecule has 1 aliphatic carbocycles. The Morgan fingerprint density at radius 1 is 1.24 bits per heavy atom. The first-order valence-corrected chi connectivity index (χ1v) is 8.98. The number of aromatic nitrogens is 1. The van der Waals surface area contributed by atoms with Crippen molar-refractivity contribution in [1.82, 2.24) is 10.3 Å². The molecule has 0 saturated carbocycles. The summed E-state index contributed by atoms with van der Waals surface area (Å²) in [5.74, 6) is 0.00303. The minimum Gasteiger partial charge on any atom is -0.355 e. The van der Waals surface area contributed by atoms with Crippen LogP contribution in [0.1, 0.15) is 76.0 Å². The second-order valence-corrected chi connectivity index (χ2v) is 7.08. The molecule has 132 valence electrons. The maximum absolute atomic E-state index is 12.9. The lowest BCUT2D eigenvalue weighted by molar-refractivity contribution is 0.0937. The van der Waals surface area contributed by atoms with Crippen molar-refractivity contribution in [3.8, 4) is 0 Å². The van der Waals surface area contributed by atoms with Gasteiger partial charge in [-0.1, -0.05) is 24.3 Å². The van der Waals surface area contributed by atoms with Gasteiger partial charge in [0.2, 0.25) is 0 Å². The van der Waals surface area contributed by atoms with Crippen LogP contribution in [0.25, 0.3) is 0 Å². The highest BCUT2D eigenvalue weighted by Crippen LogP contribution is 2.30. The second-order valence-electron chi connectivity index (χ2n) is 7.08. The monoisotopic (exact) mass is 338 g/mol. The summed E-state index contributed by atoms with van der Waals surface area (Å²) in [7, 11) is 0. The first-order valence-electron chi connectivity index (χ1n) is 8.98. The van der Waals surface area contributed by atoms with Crippen LogP contribution in [0.15, 0.2) is 24.3 Å². The summed E-state index contributed by atoms with van der Waals surface area (Å²) in [5.41, 5.74) is 5.38. The molecule has 1 aliphatic rings. The Morgan fingerprint density at radius 2 is 1.96 bits per heavy atom. The number of carbonyl (C=O) groups is 2. The number of hydrogen-bond acceptors (Lipinski definition) is 3. The minimum atomic E-state index is -0.312. The van der Waals surface area contributed by atoms with Crippen LogP contribution in [0.2, 0.25) is 0 Å². The quantitative estimate of drug-likeness (QED) is 0.808. The van der Waals surface area contributed by atoms with Gasteiger partial charge in [0.15, 0.2) is 11.6 Å². The third-order valence-corrected chi connectivity index (χ3v) is 5.25. The zero-order valence-electron chi connectivity index (χ0n) is 15.4. The molecule has 3 rings (SSSR count). The van der Waals surface area contributed by atoms with E-state index in [-0.39, 0.29) is 23.7 Å². The summed E-state index contributed by atoms with van der Waals surface area (Å²) in [6.07, 6.45) is 3.27. The standard InChI is InChI=1S/C21H26N2O2/c1-12-19(15(4)24)13(2)23-20(12)21(25)14(3)22-18-11-7-9-16-8-5-6-10-17(16)18/h5-6,8,10,14,18,22-23H,7,9,11H2,1-4H3. The molecule has 2 aromatic rings. The molecule has 2 atom stereocenters. The first-order chi connectivity index (χ1) is 11.9. The van der Waals surface area contributed by atoms with Crippen molar-refractivity contribution in [3.63, 3.8) is 0 Å². The summed E-state index contributed by atoms with van der Waals surface area (Å²) in [5, 5.41) is 3.50. The summed E-state index contributed by atoms with van der Waals surface area (Å²) in [4.78, 5) is 27.9. The van der Waals surface area contributed by atoms with Crippen LogP contribution in [-0.2, 0) is 6.42 Å². The third-order valence-electron chi connectivity index (χ3n) is 5.25. The van der Waals surface area contributed by atoms with Crippen LogP contribution in [0.5, 0.6) is 0 Å². The average molecular weight is 338 g/mol. The molecule has 0 radical (unpaired) electrons. The van der Waals surface area contributed by atoms with Crippen molar-refractivity contribution in [2.24, 2.45) is 0 Å². The van der Waals surface area contributed by atoms with Gasteiger partial charge in [-0.2, -0.15) is 0 Å². The van der Waals surface area contributed by atoms with Crippen LogP contribution in [0.4, 0.5) is 0 Å². The molecule has 0 amide bonds. The van der Waals surface area contributed by atoms with Crippen molar-refractivity contribution in [2.45, 2.75) is 59.0 Å². The summed E-state index contributed by atoms with van der Waals surface area (Å²) in [6.45, 7) is 7.13. The Kier molecular flexibility index (Phi) is 4.91. The smallest absolute Gasteiger partial charge is 0.195 e. The summed E-state index contributed by atoms with van der Waals surface area (Å²) >= 11 is 0. The predicted octanol–water partition coefficient (Wildman–Crippen LogP) is 4.07. The van der Waals surface area contributed by atoms with Gasteiger partial charge < -0.3 is 10.3 Å². The van der Waals surface area contributed by atoms with Crippen molar-refractivity contribution in [3.05, 3.63) is 57.9 Å². The number of carbonyl (C=O) groups excluding carboxylic acids is 2. The van der Waals surface area contributed by atoms with Crippen molar-refractivity contribution < 1.29 is 9.59 Å². The maximum atomic E-state index is 12.9. The van der Waals surface area contributed by atoms with Crippen LogP contribution in [0, 0.1) is 13.8 Å². The minimum absolute atomic E-state index is 0.00730. The molecule has 2 N–H and O–H groups in total. The molecule has 0 spiro atoms. The van der Waals surface area contributed by atoms with Gasteiger partial charge in [0.25, 0.3) is 0 Å². The second kappa shape index (κ2) is 6.96. The summed E-state index contributed by atoms with van der Waals surface area (Å²) in [6, 6.07) is 8.35. The van der Waals surface area contributed by atoms with Gasteiger partial charge >= 0.3 is 0 Å². The fraction of sp³-hybridized carbons (Fsp3) is 0.429. The number of ketones is 2. The van der Waals surface area contributed by atoms with Crippen molar-refractivity contribution in [2.75, 3.05) is 0 Å². The van der Waals surface area contributed by atoms with E-state index in [1.54, 1.807) is 0 Å². The zero-order valence-corrected chi connectivity index (χ0v) is 15.4. The maximum Gasteiger partial charge on any atom is 0.195 e. The van der Waals surface area contributed by atoms with E-state index in [9.17, 15) is 9.59 Å². The van der Waals surface area contributed by atoms with E-state index in [0.717, 1.165) is 30.5 Å². The Hall–Kier alpha value is -2.20. The molecule has 1 aromatic carbocycles. The van der Waals surface area contributed by atoms with Crippen LogP contribution >= 0.6 is 0 Å². The first kappa shape index (κ1) is 17.6. The van der Waals surface area contributed by atoms with E-state index in [2.05, 4.69) is 34.6 Å². The van der Waals surface area contributed by atoms with Gasteiger partial charge in [0.05, 0.1) is 11.7 Å². The molecule has 2 unspecified atom stereocenters. The van der Waals surface area contributed by atoms with Crippen molar-refractivity contribution >= 4 is 11.6 Å². The molecule has 1 heterocycles. The molecule has 0 bridgehead atoms. The molecule has 0 aliphatic heterocycles. The molecular formula is C21H26N2O2. The lowest BCUT2D eigenvalue weighted by atomic mass is 9.87. The lowest BCUT2D eigenvalue weighted by Crippen LogP contribution is -2.38. The van der Waals surface area contributed by atoms with Gasteiger partial charge in [0, 0.05) is 17.3 Å². The average Bonchev–Trinajstić information content (AvgIpc) is 2.89. The topological polar surface area (TPSA) is 62.0 Å². The van der Waals surface area contributed by atoms with Crippen LogP contribution < -0.4 is 5.32 Å². The normalized spacial score (nSPS) is 17.8. The number of aromatic amines is 1. The van der Waals surface area contributed by atoms with E-state index in [1.165, 1.54) is 18.1 Å². The number of hydrogen-bond donors (Lipinski definition) is 2. The van der Waals surface area contributed by atoms with E-state index >= 15 is 0 Å². The van der Waals surface area contributed by atoms with Crippen LogP contribution in [0.3, 0.4) is 0 Å². The molecule has 25 heavy (non-hydrogen) atoms. The molecule has 1 aromatic heterocycles. The Morgan fingerprint density at radius 3 is 2.64 bits per heavy atom. The number of nitrogens with one attached hydrogen (secondary N) is 2. The Labute approximate surface area is 149 Å². The fourth-order valence-corrected chi connectivity index (χ4v) is 4.05. The van der Waals surface area contributed by atoms with Gasteiger partial charge in [0.1, 0.15) is 0 Å². The number of fused-ring (bicyclic) bond motifs is 1. The fourth-order valence-electron chi connectivity index (χ4n) is 4.05. The molecule has 4 heteroatoms. The Balaban J connectivity index is 1.81. The van der Waals surface area contributed by atoms with Crippen molar-refractivity contribution in [1.29, 1.82) is 0 Å². The Bertz CT molecular complexity index is 819. The van der Waals surface area contributed by atoms with Gasteiger partial charge in [-0.15, -0.1) is 0 Å². The number of Topliss-reactive ketones (excluding diaryl/α,β-unsaturated/α-hetero) is 2. The molecule has 4 nitrogen and oxygen atoms in total. The number of aryl methyl sites for hydroxylation is 2. The number of rotatable bonds is 5. The largest absolute Gasteiger partial charge is 0.355 e. The number of benzene rings is 1. The molecular weight excluding hydrogens is 312 g/mol. The van der Waals surface area contributed by atoms with Crippen LogP contribution in [-0.4, -0.2) is 22.6 Å². The SMILES string of the molecule is CC(=O)c1c(C)[nH]c(C(=O)C(C)NC2CCCc3ccccc32)c1C. The van der Waals surface area contributed by atoms with E-state index < -0.39 is 0 Å². The zero-order chi connectivity index (χ0) is 18.1. The van der Waals surface area contributed by atoms with E-state index in [4.69, 9.17) is 0 Å². The van der Waals surface area contributed by atoms with Gasteiger partial charge in [-0.3, -0.25) is 9.59 Å². The highest BCUT2D eigenvalue weighted by molar-refractivity contribution is 6.05. The molecule has 0 saturated heterocycles. The lowest BCUT2D eigenvalue weighted by Gasteiger charge is -2.28. The highest BCUT2D eigenvalue weighted by atomic mass is 16.1. The summed E-state index contributed by atoms with van der Waals surface area (Å²) < 4.78 is 0. The molecule has 0 fully saturated rings. The predicted molar refractivity (Wildman–Crippen MR) is 99.3 cm³/mol. The van der Waals surface area contributed by atoms with E-state index in [0.29, 0.717) is 11.3 Å². The third kappa shape index (κ3) is 3.31. The van der Waals surface area contributed by atoms with Gasteiger partial charge in [-0.05, 0) is 63.6 Å². The van der Waals surface area contributed by atoms with Gasteiger partial charge in [-0.25, -0.2) is 0 Å². The van der Waals surface area contributed by atoms with E-state index in [1.807, 2.05) is 20.8 Å². The highest BCUT2D eigenvalue weighted by Gasteiger charge is 2.27.